The molecule has 9 nitrogen and oxygen atoms in total. The van der Waals surface area contributed by atoms with Crippen LogP contribution in [0, 0.1) is 0 Å². The minimum absolute atomic E-state index is 0.0378. The first-order valence-electron chi connectivity index (χ1n) is 7.32. The molecular formula is C16H13N5O4S. The zero-order valence-corrected chi connectivity index (χ0v) is 14.1. The number of benzene rings is 1. The maximum absolute atomic E-state index is 11.8. The second kappa shape index (κ2) is 8.12. The van der Waals surface area contributed by atoms with E-state index >= 15 is 0 Å². The van der Waals surface area contributed by atoms with E-state index in [2.05, 4.69) is 25.7 Å². The predicted octanol–water partition coefficient (Wildman–Crippen LogP) is 1.79. The molecule has 0 saturated carbocycles. The van der Waals surface area contributed by atoms with E-state index in [1.54, 1.807) is 30.6 Å². The molecule has 0 spiro atoms. The van der Waals surface area contributed by atoms with Crippen LogP contribution < -0.4 is 5.43 Å². The average Bonchev–Trinajstić information content (AvgIpc) is 3.13. The first-order chi connectivity index (χ1) is 12.6. The van der Waals surface area contributed by atoms with Crippen molar-refractivity contribution in [1.29, 1.82) is 0 Å². The van der Waals surface area contributed by atoms with Crippen LogP contribution in [0.15, 0.2) is 57.5 Å². The molecule has 0 aliphatic carbocycles. The number of phenols is 2. The molecule has 3 aromatic rings. The fourth-order valence-corrected chi connectivity index (χ4v) is 2.39. The summed E-state index contributed by atoms with van der Waals surface area (Å²) in [7, 11) is 0. The van der Waals surface area contributed by atoms with Gasteiger partial charge in [-0.2, -0.15) is 5.10 Å². The first kappa shape index (κ1) is 17.4. The van der Waals surface area contributed by atoms with Crippen molar-refractivity contribution in [2.24, 2.45) is 5.10 Å². The van der Waals surface area contributed by atoms with Crippen LogP contribution in [0.5, 0.6) is 11.5 Å². The lowest BCUT2D eigenvalue weighted by molar-refractivity contribution is -0.118. The van der Waals surface area contributed by atoms with Crippen molar-refractivity contribution in [3.05, 3.63) is 48.3 Å². The Kier molecular flexibility index (Phi) is 5.44. The summed E-state index contributed by atoms with van der Waals surface area (Å²) < 4.78 is 5.46. The van der Waals surface area contributed by atoms with Gasteiger partial charge < -0.3 is 14.6 Å². The molecule has 0 unspecified atom stereocenters. The molecule has 0 aliphatic heterocycles. The summed E-state index contributed by atoms with van der Waals surface area (Å²) in [6, 6.07) is 7.66. The van der Waals surface area contributed by atoms with E-state index in [0.717, 1.165) is 17.3 Å². The van der Waals surface area contributed by atoms with Gasteiger partial charge >= 0.3 is 0 Å². The number of hydrogen-bond donors (Lipinski definition) is 3. The maximum Gasteiger partial charge on any atom is 0.277 e. The first-order valence-corrected chi connectivity index (χ1v) is 8.31. The van der Waals surface area contributed by atoms with Crippen LogP contribution in [0.4, 0.5) is 0 Å². The van der Waals surface area contributed by atoms with E-state index in [1.165, 1.54) is 18.3 Å². The number of nitrogens with one attached hydrogen (secondary N) is 1. The Morgan fingerprint density at radius 1 is 1.19 bits per heavy atom. The summed E-state index contributed by atoms with van der Waals surface area (Å²) in [4.78, 5) is 15.7. The van der Waals surface area contributed by atoms with Gasteiger partial charge in [-0.3, -0.25) is 9.78 Å². The second-order valence-electron chi connectivity index (χ2n) is 4.94. The van der Waals surface area contributed by atoms with E-state index in [0.29, 0.717) is 11.5 Å². The Labute approximate surface area is 151 Å². The lowest BCUT2D eigenvalue weighted by atomic mass is 10.2. The van der Waals surface area contributed by atoms with Crippen molar-refractivity contribution in [2.75, 3.05) is 5.75 Å². The third-order valence-electron chi connectivity index (χ3n) is 3.06. The Bertz CT molecular complexity index is 929. The third kappa shape index (κ3) is 4.57. The van der Waals surface area contributed by atoms with E-state index in [4.69, 9.17) is 4.42 Å². The minimum Gasteiger partial charge on any atom is -0.504 e. The number of carbonyl (C=O) groups excluding carboxylic acids is 1. The number of aromatic nitrogens is 3. The molecule has 0 bridgehead atoms. The molecule has 0 saturated heterocycles. The van der Waals surface area contributed by atoms with Crippen LogP contribution in [0.25, 0.3) is 11.5 Å². The van der Waals surface area contributed by atoms with Gasteiger partial charge in [-0.1, -0.05) is 11.8 Å². The van der Waals surface area contributed by atoms with Crippen molar-refractivity contribution in [2.45, 2.75) is 5.22 Å². The Balaban J connectivity index is 1.49. The van der Waals surface area contributed by atoms with E-state index in [9.17, 15) is 15.0 Å². The Morgan fingerprint density at radius 2 is 2.00 bits per heavy atom. The topological polar surface area (TPSA) is 134 Å². The van der Waals surface area contributed by atoms with Crippen LogP contribution >= 0.6 is 11.8 Å². The predicted molar refractivity (Wildman–Crippen MR) is 93.8 cm³/mol. The highest BCUT2D eigenvalue weighted by atomic mass is 32.2. The molecule has 3 N–H and O–H groups in total. The van der Waals surface area contributed by atoms with Crippen LogP contribution in [-0.2, 0) is 4.79 Å². The number of aromatic hydroxyl groups is 2. The van der Waals surface area contributed by atoms with Crippen molar-refractivity contribution in [3.63, 3.8) is 0 Å². The largest absolute Gasteiger partial charge is 0.504 e. The monoisotopic (exact) mass is 371 g/mol. The summed E-state index contributed by atoms with van der Waals surface area (Å²) >= 11 is 1.08. The van der Waals surface area contributed by atoms with Gasteiger partial charge in [-0.25, -0.2) is 5.43 Å². The van der Waals surface area contributed by atoms with Gasteiger partial charge in [0.1, 0.15) is 0 Å². The lowest BCUT2D eigenvalue weighted by Gasteiger charge is -1.99. The molecule has 2 heterocycles. The molecule has 0 atom stereocenters. The molecule has 2 aromatic heterocycles. The highest BCUT2D eigenvalue weighted by molar-refractivity contribution is 7.99. The van der Waals surface area contributed by atoms with E-state index in [1.807, 2.05) is 0 Å². The standard InChI is InChI=1S/C16H13N5O4S/c22-12-2-1-10(7-13(12)23)8-18-19-14(24)9-26-16-21-20-15(25-16)11-3-5-17-6-4-11/h1-8,22-23H,9H2,(H,19,24)/b18-8+. The van der Waals surface area contributed by atoms with E-state index < -0.39 is 0 Å². The number of phenolic OH excluding ortho intramolecular Hbond substituents is 2. The molecule has 3 rings (SSSR count). The molecule has 0 aliphatic rings. The number of pyridine rings is 1. The molecule has 1 amide bonds. The van der Waals surface area contributed by atoms with Gasteiger partial charge in [0.2, 0.25) is 5.89 Å². The van der Waals surface area contributed by atoms with Gasteiger partial charge in [0.05, 0.1) is 12.0 Å². The molecule has 10 heteroatoms. The summed E-state index contributed by atoms with van der Waals surface area (Å²) in [5.74, 6) is -0.472. The fourth-order valence-electron chi connectivity index (χ4n) is 1.84. The number of rotatable bonds is 6. The van der Waals surface area contributed by atoms with Crippen LogP contribution in [0.3, 0.4) is 0 Å². The van der Waals surface area contributed by atoms with Gasteiger partial charge in [0, 0.05) is 18.0 Å². The van der Waals surface area contributed by atoms with Gasteiger partial charge in [0.15, 0.2) is 11.5 Å². The number of thioether (sulfide) groups is 1. The van der Waals surface area contributed by atoms with Crippen LogP contribution in [0.2, 0.25) is 0 Å². The van der Waals surface area contributed by atoms with Crippen LogP contribution in [-0.4, -0.2) is 43.3 Å². The van der Waals surface area contributed by atoms with Crippen molar-refractivity contribution >= 4 is 23.9 Å². The van der Waals surface area contributed by atoms with E-state index in [-0.39, 0.29) is 28.4 Å². The Hall–Kier alpha value is -3.40. The number of nitrogens with zero attached hydrogens (tertiary/aromatic N) is 4. The molecule has 132 valence electrons. The van der Waals surface area contributed by atoms with Crippen LogP contribution in [0.1, 0.15) is 5.56 Å². The minimum atomic E-state index is -0.363. The third-order valence-corrected chi connectivity index (χ3v) is 3.88. The summed E-state index contributed by atoms with van der Waals surface area (Å²) in [5, 5.41) is 30.4. The average molecular weight is 371 g/mol. The zero-order chi connectivity index (χ0) is 18.4. The number of hydrazone groups is 1. The number of amides is 1. The lowest BCUT2D eigenvalue weighted by Crippen LogP contribution is -2.19. The number of hydrogen-bond acceptors (Lipinski definition) is 9. The normalized spacial score (nSPS) is 10.9. The molecular weight excluding hydrogens is 358 g/mol. The zero-order valence-electron chi connectivity index (χ0n) is 13.2. The van der Waals surface area contributed by atoms with Gasteiger partial charge in [-0.05, 0) is 35.9 Å². The van der Waals surface area contributed by atoms with Crippen molar-refractivity contribution in [1.82, 2.24) is 20.6 Å². The highest BCUT2D eigenvalue weighted by Gasteiger charge is 2.10. The summed E-state index contributed by atoms with van der Waals surface area (Å²) in [6.45, 7) is 0. The maximum atomic E-state index is 11.8. The molecule has 0 fully saturated rings. The fraction of sp³-hybridized carbons (Fsp3) is 0.0625. The summed E-state index contributed by atoms with van der Waals surface area (Å²) in [5.41, 5.74) is 3.60. The number of carbonyl (C=O) groups is 1. The highest BCUT2D eigenvalue weighted by Crippen LogP contribution is 2.24. The smallest absolute Gasteiger partial charge is 0.277 e. The van der Waals surface area contributed by atoms with Gasteiger partial charge in [0.25, 0.3) is 11.1 Å². The summed E-state index contributed by atoms with van der Waals surface area (Å²) in [6.07, 6.45) is 4.58. The quantitative estimate of drug-likeness (QED) is 0.258. The molecule has 1 aromatic carbocycles. The molecule has 26 heavy (non-hydrogen) atoms. The second-order valence-corrected chi connectivity index (χ2v) is 5.87. The van der Waals surface area contributed by atoms with Gasteiger partial charge in [-0.15, -0.1) is 10.2 Å². The molecule has 0 radical (unpaired) electrons. The Morgan fingerprint density at radius 3 is 2.77 bits per heavy atom. The van der Waals surface area contributed by atoms with Crippen molar-refractivity contribution < 1.29 is 19.4 Å². The van der Waals surface area contributed by atoms with Crippen molar-refractivity contribution in [3.8, 4) is 23.0 Å². The SMILES string of the molecule is O=C(CSc1nnc(-c2ccncc2)o1)N/N=C/c1ccc(O)c(O)c1.